The van der Waals surface area contributed by atoms with Crippen molar-refractivity contribution >= 4 is 6.03 Å². The van der Waals surface area contributed by atoms with Crippen LogP contribution in [0.25, 0.3) is 0 Å². The van der Waals surface area contributed by atoms with Crippen molar-refractivity contribution in [3.63, 3.8) is 0 Å². The lowest BCUT2D eigenvalue weighted by molar-refractivity contribution is 0.113. The van der Waals surface area contributed by atoms with E-state index in [4.69, 9.17) is 4.74 Å². The minimum atomic E-state index is -0.253. The molecule has 2 amide bonds. The summed E-state index contributed by atoms with van der Waals surface area (Å²) in [5.74, 6) is 0.687. The Labute approximate surface area is 195 Å². The molecule has 2 aliphatic heterocycles. The highest BCUT2D eigenvalue weighted by Gasteiger charge is 2.35. The van der Waals surface area contributed by atoms with E-state index in [0.717, 1.165) is 55.3 Å². The molecule has 2 fully saturated rings. The van der Waals surface area contributed by atoms with Crippen molar-refractivity contribution in [2.45, 2.75) is 76.7 Å². The zero-order chi connectivity index (χ0) is 23.0. The number of nitrogens with zero attached hydrogens (tertiary/aromatic N) is 2. The Morgan fingerprint density at radius 1 is 1.09 bits per heavy atom. The highest BCUT2D eigenvalue weighted by molar-refractivity contribution is 5.74. The van der Waals surface area contributed by atoms with Crippen molar-refractivity contribution in [2.24, 2.45) is 0 Å². The molecule has 0 radical (unpaired) electrons. The average molecular weight is 452 g/mol. The molecule has 1 N–H and O–H groups in total. The molecule has 3 aliphatic rings. The largest absolute Gasteiger partial charge is 0.487 e. The summed E-state index contributed by atoms with van der Waals surface area (Å²) in [6.45, 7) is 7.25. The maximum atomic E-state index is 13.4. The smallest absolute Gasteiger partial charge is 0.318 e. The molecule has 176 valence electrons. The minimum absolute atomic E-state index is 0.0544. The molecule has 1 saturated heterocycles. The number of likely N-dealkylation sites (tertiary alicyclic amines) is 1. The van der Waals surface area contributed by atoms with E-state index in [2.05, 4.69) is 30.1 Å². The first kappa shape index (κ1) is 22.2. The Hall–Kier alpha value is -2.60. The molecule has 2 aromatic rings. The number of hydrogen-bond donors (Lipinski definition) is 1. The number of carbonyl (C=O) groups is 1. The van der Waals surface area contributed by atoms with Crippen LogP contribution in [-0.2, 0) is 19.5 Å². The summed E-state index contributed by atoms with van der Waals surface area (Å²) in [4.78, 5) is 17.9. The molecule has 1 saturated carbocycles. The maximum absolute atomic E-state index is 13.4. The van der Waals surface area contributed by atoms with E-state index in [9.17, 15) is 9.18 Å². The third-order valence-electron chi connectivity index (χ3n) is 7.10. The van der Waals surface area contributed by atoms with Crippen LogP contribution >= 0.6 is 0 Å². The second-order valence-electron chi connectivity index (χ2n) is 10.4. The number of fused-ring (bicyclic) bond motifs is 1. The third-order valence-corrected chi connectivity index (χ3v) is 7.10. The number of carbonyl (C=O) groups excluding carboxylic acids is 1. The van der Waals surface area contributed by atoms with Crippen LogP contribution in [0.4, 0.5) is 9.18 Å². The number of benzene rings is 2. The predicted octanol–water partition coefficient (Wildman–Crippen LogP) is 4.88. The first-order valence-electron chi connectivity index (χ1n) is 12.2. The summed E-state index contributed by atoms with van der Waals surface area (Å²) >= 11 is 0. The number of hydrogen-bond acceptors (Lipinski definition) is 3. The van der Waals surface area contributed by atoms with Crippen LogP contribution in [0.1, 0.15) is 56.2 Å². The second-order valence-corrected chi connectivity index (χ2v) is 10.4. The van der Waals surface area contributed by atoms with E-state index < -0.39 is 0 Å². The van der Waals surface area contributed by atoms with Gasteiger partial charge in [0, 0.05) is 44.7 Å². The van der Waals surface area contributed by atoms with Crippen LogP contribution < -0.4 is 10.1 Å². The third kappa shape index (κ3) is 5.32. The molecule has 2 aromatic carbocycles. The van der Waals surface area contributed by atoms with Gasteiger partial charge in [-0.1, -0.05) is 24.3 Å². The molecular formula is C27H34FN3O2. The van der Waals surface area contributed by atoms with Gasteiger partial charge in [0.15, 0.2) is 0 Å². The Bertz CT molecular complexity index is 995. The van der Waals surface area contributed by atoms with Crippen LogP contribution in [-0.4, -0.2) is 46.6 Å². The summed E-state index contributed by atoms with van der Waals surface area (Å²) in [7, 11) is 0. The van der Waals surface area contributed by atoms with Crippen LogP contribution in [0.15, 0.2) is 42.5 Å². The highest BCUT2D eigenvalue weighted by Crippen LogP contribution is 2.35. The summed E-state index contributed by atoms with van der Waals surface area (Å²) in [5.41, 5.74) is 3.05. The van der Waals surface area contributed by atoms with Gasteiger partial charge in [0.25, 0.3) is 0 Å². The summed E-state index contributed by atoms with van der Waals surface area (Å²) in [5, 5.41) is 3.14. The van der Waals surface area contributed by atoms with Gasteiger partial charge in [-0.05, 0) is 74.4 Å². The van der Waals surface area contributed by atoms with Gasteiger partial charge in [-0.15, -0.1) is 0 Å². The number of halogens is 1. The molecule has 0 aromatic heterocycles. The predicted molar refractivity (Wildman–Crippen MR) is 127 cm³/mol. The van der Waals surface area contributed by atoms with Gasteiger partial charge < -0.3 is 19.9 Å². The zero-order valence-electron chi connectivity index (χ0n) is 19.6. The first-order valence-corrected chi connectivity index (χ1v) is 12.2. The molecule has 33 heavy (non-hydrogen) atoms. The number of amides is 2. The Balaban J connectivity index is 1.25. The van der Waals surface area contributed by atoms with Crippen molar-refractivity contribution in [3.05, 3.63) is 65.0 Å². The van der Waals surface area contributed by atoms with Gasteiger partial charge in [0.1, 0.15) is 17.2 Å². The SMILES string of the molecule is CC1(C)Cc2cc(CNC(=O)N(Cc3ccc(F)cc3)C3CCN(C4CC4)CC3)ccc2O1. The van der Waals surface area contributed by atoms with Crippen LogP contribution in [0.5, 0.6) is 5.75 Å². The van der Waals surface area contributed by atoms with E-state index in [1.165, 1.54) is 30.5 Å². The summed E-state index contributed by atoms with van der Waals surface area (Å²) in [6, 6.07) is 13.6. The lowest BCUT2D eigenvalue weighted by atomic mass is 10.0. The zero-order valence-corrected chi connectivity index (χ0v) is 19.6. The molecule has 2 heterocycles. The molecule has 1 aliphatic carbocycles. The average Bonchev–Trinajstić information content (AvgIpc) is 3.59. The van der Waals surface area contributed by atoms with Crippen molar-refractivity contribution in [1.29, 1.82) is 0 Å². The fraction of sp³-hybridized carbons (Fsp3) is 0.519. The highest BCUT2D eigenvalue weighted by atomic mass is 19.1. The van der Waals surface area contributed by atoms with Crippen LogP contribution in [0, 0.1) is 5.82 Å². The summed E-state index contributed by atoms with van der Waals surface area (Å²) < 4.78 is 19.4. The molecule has 5 nitrogen and oxygen atoms in total. The Kier molecular flexibility index (Phi) is 6.04. The van der Waals surface area contributed by atoms with Crippen molar-refractivity contribution in [3.8, 4) is 5.75 Å². The molecule has 6 heteroatoms. The van der Waals surface area contributed by atoms with Crippen molar-refractivity contribution in [1.82, 2.24) is 15.1 Å². The topological polar surface area (TPSA) is 44.8 Å². The van der Waals surface area contributed by atoms with Crippen molar-refractivity contribution < 1.29 is 13.9 Å². The number of urea groups is 1. The fourth-order valence-electron chi connectivity index (χ4n) is 5.21. The number of rotatable bonds is 6. The molecule has 0 bridgehead atoms. The van der Waals surface area contributed by atoms with E-state index in [0.29, 0.717) is 13.1 Å². The monoisotopic (exact) mass is 451 g/mol. The molecular weight excluding hydrogens is 417 g/mol. The van der Waals surface area contributed by atoms with Gasteiger partial charge in [0.05, 0.1) is 0 Å². The van der Waals surface area contributed by atoms with E-state index >= 15 is 0 Å². The van der Waals surface area contributed by atoms with Gasteiger partial charge in [0.2, 0.25) is 0 Å². The molecule has 0 atom stereocenters. The number of nitrogens with one attached hydrogen (secondary N) is 1. The fourth-order valence-corrected chi connectivity index (χ4v) is 5.21. The normalized spacial score (nSPS) is 20.2. The summed E-state index contributed by atoms with van der Waals surface area (Å²) in [6.07, 6.45) is 5.47. The number of piperidine rings is 1. The number of ether oxygens (including phenoxy) is 1. The maximum Gasteiger partial charge on any atom is 0.318 e. The first-order chi connectivity index (χ1) is 15.9. The standard InChI is InChI=1S/C27H34FN3O2/c1-27(2)16-21-15-20(5-10-25(21)33-27)17-29-26(32)31(18-19-3-6-22(28)7-4-19)24-11-13-30(14-12-24)23-8-9-23/h3-7,10,15,23-24H,8-9,11-14,16-18H2,1-2H3,(H,29,32). The van der Waals surface area contributed by atoms with Crippen molar-refractivity contribution in [2.75, 3.05) is 13.1 Å². The van der Waals surface area contributed by atoms with Gasteiger partial charge in [-0.3, -0.25) is 0 Å². The molecule has 5 rings (SSSR count). The minimum Gasteiger partial charge on any atom is -0.487 e. The lowest BCUT2D eigenvalue weighted by Gasteiger charge is -2.38. The quantitative estimate of drug-likeness (QED) is 0.681. The van der Waals surface area contributed by atoms with E-state index in [1.54, 1.807) is 12.1 Å². The van der Waals surface area contributed by atoms with E-state index in [1.807, 2.05) is 17.0 Å². The van der Waals surface area contributed by atoms with Crippen LogP contribution in [0.3, 0.4) is 0 Å². The lowest BCUT2D eigenvalue weighted by Crippen LogP contribution is -2.50. The molecule has 0 spiro atoms. The second kappa shape index (κ2) is 8.98. The van der Waals surface area contributed by atoms with Gasteiger partial charge in [-0.2, -0.15) is 0 Å². The van der Waals surface area contributed by atoms with Gasteiger partial charge >= 0.3 is 6.03 Å². The van der Waals surface area contributed by atoms with Crippen LogP contribution in [0.2, 0.25) is 0 Å². The van der Waals surface area contributed by atoms with E-state index in [-0.39, 0.29) is 23.5 Å². The van der Waals surface area contributed by atoms with Gasteiger partial charge in [-0.25, -0.2) is 9.18 Å². The molecule has 0 unspecified atom stereocenters. The Morgan fingerprint density at radius 3 is 2.48 bits per heavy atom. The Morgan fingerprint density at radius 2 is 1.79 bits per heavy atom.